The number of hydrogen-bond donors (Lipinski definition) is 2. The van der Waals surface area contributed by atoms with E-state index in [1.165, 1.54) is 4.31 Å². The second kappa shape index (κ2) is 5.59. The van der Waals surface area contributed by atoms with Crippen LogP contribution in [-0.2, 0) is 10.2 Å². The van der Waals surface area contributed by atoms with Crippen molar-refractivity contribution in [3.8, 4) is 6.07 Å². The van der Waals surface area contributed by atoms with Gasteiger partial charge in [0.25, 0.3) is 10.2 Å². The predicted octanol–water partition coefficient (Wildman–Crippen LogP) is -0.726. The molecule has 6 nitrogen and oxygen atoms in total. The molecule has 1 saturated heterocycles. The summed E-state index contributed by atoms with van der Waals surface area (Å²) < 4.78 is 27.5. The first-order valence-corrected chi connectivity index (χ1v) is 6.78. The Morgan fingerprint density at radius 3 is 2.88 bits per heavy atom. The molecule has 0 aromatic heterocycles. The van der Waals surface area contributed by atoms with Crippen molar-refractivity contribution in [2.45, 2.75) is 19.9 Å². The maximum Gasteiger partial charge on any atom is 0.280 e. The van der Waals surface area contributed by atoms with Crippen LogP contribution in [-0.4, -0.2) is 44.9 Å². The van der Waals surface area contributed by atoms with E-state index in [2.05, 4.69) is 10.0 Å². The minimum absolute atomic E-state index is 0.248. The van der Waals surface area contributed by atoms with Crippen molar-refractivity contribution in [1.29, 1.82) is 5.26 Å². The van der Waals surface area contributed by atoms with Crippen LogP contribution in [0.25, 0.3) is 0 Å². The molecule has 1 unspecified atom stereocenters. The van der Waals surface area contributed by atoms with Crippen LogP contribution in [0.4, 0.5) is 0 Å². The van der Waals surface area contributed by atoms with Gasteiger partial charge in [-0.15, -0.1) is 0 Å². The first-order chi connectivity index (χ1) is 7.47. The van der Waals surface area contributed by atoms with E-state index >= 15 is 0 Å². The quantitative estimate of drug-likeness (QED) is 0.685. The fourth-order valence-corrected chi connectivity index (χ4v) is 2.94. The van der Waals surface area contributed by atoms with Gasteiger partial charge in [-0.2, -0.15) is 18.0 Å². The lowest BCUT2D eigenvalue weighted by Crippen LogP contribution is -2.56. The SMILES string of the molecule is CC(C)CNS(=O)(=O)N1CCNCC1C#N. The summed E-state index contributed by atoms with van der Waals surface area (Å²) in [5.74, 6) is 0.248. The van der Waals surface area contributed by atoms with Gasteiger partial charge in [0, 0.05) is 26.2 Å². The van der Waals surface area contributed by atoms with Gasteiger partial charge in [-0.25, -0.2) is 4.72 Å². The first kappa shape index (κ1) is 13.4. The van der Waals surface area contributed by atoms with E-state index in [0.717, 1.165) is 0 Å². The minimum Gasteiger partial charge on any atom is -0.313 e. The topological polar surface area (TPSA) is 85.2 Å². The molecule has 92 valence electrons. The van der Waals surface area contributed by atoms with Crippen molar-refractivity contribution >= 4 is 10.2 Å². The lowest BCUT2D eigenvalue weighted by molar-refractivity contribution is 0.307. The molecule has 0 saturated carbocycles. The largest absolute Gasteiger partial charge is 0.313 e. The van der Waals surface area contributed by atoms with Crippen molar-refractivity contribution in [3.63, 3.8) is 0 Å². The van der Waals surface area contributed by atoms with E-state index in [1.807, 2.05) is 19.9 Å². The van der Waals surface area contributed by atoms with Crippen molar-refractivity contribution in [3.05, 3.63) is 0 Å². The van der Waals surface area contributed by atoms with Crippen LogP contribution >= 0.6 is 0 Å². The molecule has 1 heterocycles. The summed E-state index contributed by atoms with van der Waals surface area (Å²) in [5.41, 5.74) is 0. The highest BCUT2D eigenvalue weighted by Crippen LogP contribution is 2.07. The summed E-state index contributed by atoms with van der Waals surface area (Å²) in [5, 5.41) is 11.9. The fraction of sp³-hybridized carbons (Fsp3) is 0.889. The summed E-state index contributed by atoms with van der Waals surface area (Å²) in [6.07, 6.45) is 0. The lowest BCUT2D eigenvalue weighted by Gasteiger charge is -2.31. The molecular weight excluding hydrogens is 228 g/mol. The molecule has 1 fully saturated rings. The van der Waals surface area contributed by atoms with Crippen molar-refractivity contribution < 1.29 is 8.42 Å². The normalized spacial score (nSPS) is 23.2. The van der Waals surface area contributed by atoms with Gasteiger partial charge in [-0.3, -0.25) is 0 Å². The molecule has 1 aliphatic heterocycles. The summed E-state index contributed by atoms with van der Waals surface area (Å²) in [6.45, 7) is 5.57. The Kier molecular flexibility index (Phi) is 4.68. The van der Waals surface area contributed by atoms with E-state index in [1.54, 1.807) is 0 Å². The second-order valence-electron chi connectivity index (χ2n) is 4.21. The molecule has 0 spiro atoms. The molecule has 2 N–H and O–H groups in total. The first-order valence-electron chi connectivity index (χ1n) is 5.34. The zero-order valence-corrected chi connectivity index (χ0v) is 10.4. The zero-order chi connectivity index (χ0) is 12.2. The molecule has 1 atom stereocenters. The standard InChI is InChI=1S/C9H18N4O2S/c1-8(2)6-12-16(14,15)13-4-3-11-7-9(13)5-10/h8-9,11-12H,3-4,6-7H2,1-2H3. The Morgan fingerprint density at radius 1 is 1.62 bits per heavy atom. The molecule has 16 heavy (non-hydrogen) atoms. The van der Waals surface area contributed by atoms with Crippen LogP contribution in [0.3, 0.4) is 0 Å². The van der Waals surface area contributed by atoms with Gasteiger partial charge in [0.15, 0.2) is 0 Å². The van der Waals surface area contributed by atoms with Gasteiger partial charge in [0.2, 0.25) is 0 Å². The molecule has 1 aliphatic rings. The van der Waals surface area contributed by atoms with Crippen molar-refractivity contribution in [2.24, 2.45) is 5.92 Å². The van der Waals surface area contributed by atoms with E-state index < -0.39 is 16.3 Å². The number of piperazine rings is 1. The number of nitrogens with one attached hydrogen (secondary N) is 2. The summed E-state index contributed by atoms with van der Waals surface area (Å²) in [4.78, 5) is 0. The van der Waals surface area contributed by atoms with Crippen LogP contribution in [0.1, 0.15) is 13.8 Å². The zero-order valence-electron chi connectivity index (χ0n) is 9.60. The average molecular weight is 246 g/mol. The third-order valence-electron chi connectivity index (χ3n) is 2.33. The van der Waals surface area contributed by atoms with Crippen LogP contribution in [0, 0.1) is 17.2 Å². The molecular formula is C9H18N4O2S. The molecule has 1 rings (SSSR count). The third-order valence-corrected chi connectivity index (χ3v) is 3.91. The number of rotatable bonds is 4. The van der Waals surface area contributed by atoms with E-state index in [9.17, 15) is 8.42 Å². The summed E-state index contributed by atoms with van der Waals surface area (Å²) >= 11 is 0. The Hall–Kier alpha value is -0.680. The van der Waals surface area contributed by atoms with Gasteiger partial charge in [-0.1, -0.05) is 13.8 Å². The number of nitrogens with zero attached hydrogens (tertiary/aromatic N) is 2. The number of nitriles is 1. The second-order valence-corrected chi connectivity index (χ2v) is 5.91. The Balaban J connectivity index is 2.69. The molecule has 0 aromatic rings. The average Bonchev–Trinajstić information content (AvgIpc) is 2.26. The summed E-state index contributed by atoms with van der Waals surface area (Å²) in [6, 6.07) is 1.38. The highest BCUT2D eigenvalue weighted by molar-refractivity contribution is 7.87. The maximum atomic E-state index is 11.9. The minimum atomic E-state index is -3.52. The molecule has 0 bridgehead atoms. The van der Waals surface area contributed by atoms with Crippen LogP contribution in [0.5, 0.6) is 0 Å². The maximum absolute atomic E-state index is 11.9. The third kappa shape index (κ3) is 3.42. The van der Waals surface area contributed by atoms with Crippen LogP contribution in [0.2, 0.25) is 0 Å². The van der Waals surface area contributed by atoms with E-state index in [0.29, 0.717) is 26.2 Å². The molecule has 0 amide bonds. The van der Waals surface area contributed by atoms with Crippen LogP contribution in [0.15, 0.2) is 0 Å². The van der Waals surface area contributed by atoms with Crippen molar-refractivity contribution in [2.75, 3.05) is 26.2 Å². The smallest absolute Gasteiger partial charge is 0.280 e. The van der Waals surface area contributed by atoms with Gasteiger partial charge in [-0.05, 0) is 5.92 Å². The van der Waals surface area contributed by atoms with E-state index in [4.69, 9.17) is 5.26 Å². The Bertz CT molecular complexity index is 360. The lowest BCUT2D eigenvalue weighted by atomic mass is 10.2. The van der Waals surface area contributed by atoms with Crippen molar-refractivity contribution in [1.82, 2.24) is 14.3 Å². The molecule has 7 heteroatoms. The summed E-state index contributed by atoms with van der Waals surface area (Å²) in [7, 11) is -3.52. The van der Waals surface area contributed by atoms with Gasteiger partial charge < -0.3 is 5.32 Å². The van der Waals surface area contributed by atoms with Gasteiger partial charge >= 0.3 is 0 Å². The van der Waals surface area contributed by atoms with Crippen LogP contribution < -0.4 is 10.0 Å². The fourth-order valence-electron chi connectivity index (χ4n) is 1.44. The molecule has 0 aliphatic carbocycles. The van der Waals surface area contributed by atoms with Gasteiger partial charge in [0.05, 0.1) is 6.07 Å². The molecule has 0 aromatic carbocycles. The monoisotopic (exact) mass is 246 g/mol. The molecule has 0 radical (unpaired) electrons. The Labute approximate surface area is 96.8 Å². The predicted molar refractivity (Wildman–Crippen MR) is 60.7 cm³/mol. The highest BCUT2D eigenvalue weighted by atomic mass is 32.2. The highest BCUT2D eigenvalue weighted by Gasteiger charge is 2.31. The van der Waals surface area contributed by atoms with E-state index in [-0.39, 0.29) is 5.92 Å². The number of hydrogen-bond acceptors (Lipinski definition) is 4. The Morgan fingerprint density at radius 2 is 2.31 bits per heavy atom. The van der Waals surface area contributed by atoms with Gasteiger partial charge in [0.1, 0.15) is 6.04 Å².